The van der Waals surface area contributed by atoms with Crippen molar-refractivity contribution in [3.05, 3.63) is 82.6 Å². The molecule has 0 spiro atoms. The highest BCUT2D eigenvalue weighted by Crippen LogP contribution is 2.29. The molecule has 1 saturated carbocycles. The molecule has 0 unspecified atom stereocenters. The normalized spacial score (nSPS) is 14.4. The zero-order valence-corrected chi connectivity index (χ0v) is 22.6. The average molecular weight is 540 g/mol. The van der Waals surface area contributed by atoms with Crippen LogP contribution in [0.4, 0.5) is 5.69 Å². The van der Waals surface area contributed by atoms with Crippen LogP contribution in [0.2, 0.25) is 0 Å². The zero-order chi connectivity index (χ0) is 26.3. The van der Waals surface area contributed by atoms with Gasteiger partial charge in [0.25, 0.3) is 0 Å². The van der Waals surface area contributed by atoms with Gasteiger partial charge >= 0.3 is 0 Å². The number of nitrogens with zero attached hydrogens (tertiary/aromatic N) is 2. The maximum absolute atomic E-state index is 13.9. The van der Waals surface area contributed by atoms with Gasteiger partial charge in [-0.1, -0.05) is 55.7 Å². The first-order valence-corrected chi connectivity index (χ1v) is 14.9. The van der Waals surface area contributed by atoms with Crippen LogP contribution in [0.25, 0.3) is 0 Å². The molecule has 2 amide bonds. The summed E-state index contributed by atoms with van der Waals surface area (Å²) in [6, 6.07) is 19.6. The Bertz CT molecular complexity index is 1270. The third-order valence-electron chi connectivity index (χ3n) is 6.55. The molecule has 196 valence electrons. The van der Waals surface area contributed by atoms with Crippen LogP contribution in [-0.2, 0) is 32.7 Å². The molecule has 4 rings (SSSR count). The number of thiophene rings is 1. The molecule has 37 heavy (non-hydrogen) atoms. The van der Waals surface area contributed by atoms with E-state index in [2.05, 4.69) is 5.32 Å². The Labute approximate surface area is 223 Å². The molecule has 9 heteroatoms. The monoisotopic (exact) mass is 539 g/mol. The van der Waals surface area contributed by atoms with Crippen molar-refractivity contribution in [1.29, 1.82) is 0 Å². The van der Waals surface area contributed by atoms with Crippen LogP contribution < -0.4 is 5.32 Å². The standard InChI is InChI=1S/C28H33N3O4S2/c1-22(32)29-24-14-16-27(17-15-24)37(34,35)31(25-11-6-3-7-12-25)21-28(33)30(20-26-13-8-18-36-26)19-23-9-4-2-5-10-23/h2,4-5,8-10,13-18,25H,3,6-7,11-12,19-21H2,1H3,(H,29,32). The van der Waals surface area contributed by atoms with Crippen molar-refractivity contribution in [2.45, 2.75) is 63.1 Å². The van der Waals surface area contributed by atoms with Crippen molar-refractivity contribution in [2.75, 3.05) is 11.9 Å². The molecule has 0 bridgehead atoms. The van der Waals surface area contributed by atoms with Gasteiger partial charge in [-0.2, -0.15) is 4.31 Å². The molecule has 0 atom stereocenters. The van der Waals surface area contributed by atoms with Crippen molar-refractivity contribution in [3.63, 3.8) is 0 Å². The number of benzene rings is 2. The number of anilines is 1. The summed E-state index contributed by atoms with van der Waals surface area (Å²) in [5.41, 5.74) is 1.52. The Morgan fingerprint density at radius 3 is 2.24 bits per heavy atom. The summed E-state index contributed by atoms with van der Waals surface area (Å²) in [7, 11) is -3.93. The van der Waals surface area contributed by atoms with Gasteiger partial charge in [-0.05, 0) is 54.1 Å². The number of sulfonamides is 1. The van der Waals surface area contributed by atoms with Gasteiger partial charge in [0.15, 0.2) is 0 Å². The van der Waals surface area contributed by atoms with Gasteiger partial charge in [0.05, 0.1) is 18.0 Å². The van der Waals surface area contributed by atoms with E-state index in [1.54, 1.807) is 28.4 Å². The van der Waals surface area contributed by atoms with Crippen LogP contribution in [0.1, 0.15) is 49.5 Å². The first kappa shape index (κ1) is 27.0. The third kappa shape index (κ3) is 7.28. The summed E-state index contributed by atoms with van der Waals surface area (Å²) in [5, 5.41) is 4.64. The maximum Gasteiger partial charge on any atom is 0.243 e. The molecular formula is C28H33N3O4S2. The molecule has 3 aromatic rings. The molecule has 1 heterocycles. The molecule has 1 aromatic heterocycles. The summed E-state index contributed by atoms with van der Waals surface area (Å²) in [4.78, 5) is 28.0. The molecule has 1 aliphatic carbocycles. The van der Waals surface area contributed by atoms with Crippen molar-refractivity contribution < 1.29 is 18.0 Å². The minimum Gasteiger partial charge on any atom is -0.332 e. The molecule has 0 radical (unpaired) electrons. The van der Waals surface area contributed by atoms with Crippen LogP contribution in [0.15, 0.2) is 77.0 Å². The fourth-order valence-corrected chi connectivity index (χ4v) is 7.04. The number of rotatable bonds is 10. The van der Waals surface area contributed by atoms with E-state index in [1.807, 2.05) is 47.8 Å². The SMILES string of the molecule is CC(=O)Nc1ccc(S(=O)(=O)N(CC(=O)N(Cc2ccccc2)Cc2cccs2)C2CCCCC2)cc1. The molecule has 0 aliphatic heterocycles. The lowest BCUT2D eigenvalue weighted by Gasteiger charge is -2.34. The van der Waals surface area contributed by atoms with Gasteiger partial charge in [0, 0.05) is 30.1 Å². The fraction of sp³-hybridized carbons (Fsp3) is 0.357. The van der Waals surface area contributed by atoms with E-state index < -0.39 is 10.0 Å². The highest BCUT2D eigenvalue weighted by Gasteiger charge is 2.35. The topological polar surface area (TPSA) is 86.8 Å². The summed E-state index contributed by atoms with van der Waals surface area (Å²) in [5.74, 6) is -0.449. The van der Waals surface area contributed by atoms with Gasteiger partial charge in [-0.25, -0.2) is 8.42 Å². The number of nitrogens with one attached hydrogen (secondary N) is 1. The number of hydrogen-bond donors (Lipinski definition) is 1. The van der Waals surface area contributed by atoms with Crippen molar-refractivity contribution >= 4 is 38.9 Å². The van der Waals surface area contributed by atoms with E-state index in [-0.39, 0.29) is 29.3 Å². The number of hydrogen-bond acceptors (Lipinski definition) is 5. The van der Waals surface area contributed by atoms with Crippen LogP contribution >= 0.6 is 11.3 Å². The summed E-state index contributed by atoms with van der Waals surface area (Å²) < 4.78 is 29.1. The van der Waals surface area contributed by atoms with Gasteiger partial charge in [-0.3, -0.25) is 9.59 Å². The van der Waals surface area contributed by atoms with E-state index in [4.69, 9.17) is 0 Å². The predicted molar refractivity (Wildman–Crippen MR) is 147 cm³/mol. The number of carbonyl (C=O) groups is 2. The van der Waals surface area contributed by atoms with Crippen LogP contribution in [0.5, 0.6) is 0 Å². The minimum absolute atomic E-state index is 0.118. The lowest BCUT2D eigenvalue weighted by molar-refractivity contribution is -0.133. The molecule has 1 N–H and O–H groups in total. The van der Waals surface area contributed by atoms with Crippen LogP contribution in [0.3, 0.4) is 0 Å². The average Bonchev–Trinajstić information content (AvgIpc) is 3.41. The second kappa shape index (κ2) is 12.5. The lowest BCUT2D eigenvalue weighted by atomic mass is 9.95. The van der Waals surface area contributed by atoms with Crippen molar-refractivity contribution in [2.24, 2.45) is 0 Å². The van der Waals surface area contributed by atoms with Gasteiger partial charge in [0.1, 0.15) is 0 Å². The number of amides is 2. The first-order valence-electron chi connectivity index (χ1n) is 12.6. The summed E-state index contributed by atoms with van der Waals surface area (Å²) in [6.07, 6.45) is 4.42. The van der Waals surface area contributed by atoms with Gasteiger partial charge in [0.2, 0.25) is 21.8 Å². The predicted octanol–water partition coefficient (Wildman–Crippen LogP) is 5.26. The smallest absolute Gasteiger partial charge is 0.243 e. The largest absolute Gasteiger partial charge is 0.332 e. The van der Waals surface area contributed by atoms with Gasteiger partial charge in [-0.15, -0.1) is 11.3 Å². The van der Waals surface area contributed by atoms with E-state index >= 15 is 0 Å². The summed E-state index contributed by atoms with van der Waals surface area (Å²) in [6.45, 7) is 2.02. The second-order valence-electron chi connectivity index (χ2n) is 9.36. The van der Waals surface area contributed by atoms with Crippen molar-refractivity contribution in [3.8, 4) is 0 Å². The molecule has 7 nitrogen and oxygen atoms in total. The molecule has 2 aromatic carbocycles. The van der Waals surface area contributed by atoms with Gasteiger partial charge < -0.3 is 10.2 Å². The highest BCUT2D eigenvalue weighted by molar-refractivity contribution is 7.89. The Kier molecular flexibility index (Phi) is 9.13. The molecule has 0 saturated heterocycles. The lowest BCUT2D eigenvalue weighted by Crippen LogP contribution is -2.47. The Balaban J connectivity index is 1.61. The van der Waals surface area contributed by atoms with E-state index in [9.17, 15) is 18.0 Å². The maximum atomic E-state index is 13.9. The molecular weight excluding hydrogens is 506 g/mol. The molecule has 1 aliphatic rings. The minimum atomic E-state index is -3.93. The first-order chi connectivity index (χ1) is 17.8. The van der Waals surface area contributed by atoms with E-state index in [1.165, 1.54) is 23.4 Å². The fourth-order valence-electron chi connectivity index (χ4n) is 4.69. The van der Waals surface area contributed by atoms with E-state index in [0.29, 0.717) is 18.8 Å². The zero-order valence-electron chi connectivity index (χ0n) is 21.0. The molecule has 1 fully saturated rings. The van der Waals surface area contributed by atoms with Crippen molar-refractivity contribution in [1.82, 2.24) is 9.21 Å². The Hall–Kier alpha value is -3.01. The van der Waals surface area contributed by atoms with Crippen LogP contribution in [0, 0.1) is 0 Å². The Morgan fingerprint density at radius 2 is 1.62 bits per heavy atom. The number of carbonyl (C=O) groups excluding carboxylic acids is 2. The van der Waals surface area contributed by atoms with E-state index in [0.717, 1.165) is 42.5 Å². The second-order valence-corrected chi connectivity index (χ2v) is 12.3. The highest BCUT2D eigenvalue weighted by atomic mass is 32.2. The van der Waals surface area contributed by atoms with Crippen LogP contribution in [-0.4, -0.2) is 42.0 Å². The summed E-state index contributed by atoms with van der Waals surface area (Å²) >= 11 is 1.58. The third-order valence-corrected chi connectivity index (χ3v) is 9.32. The quantitative estimate of drug-likeness (QED) is 0.381. The Morgan fingerprint density at radius 1 is 0.919 bits per heavy atom.